The van der Waals surface area contributed by atoms with Crippen molar-refractivity contribution >= 4 is 17.0 Å². The van der Waals surface area contributed by atoms with Gasteiger partial charge >= 0.3 is 6.18 Å². The van der Waals surface area contributed by atoms with Gasteiger partial charge in [0.1, 0.15) is 11.6 Å². The minimum Gasteiger partial charge on any atom is -0.266 e. The van der Waals surface area contributed by atoms with Crippen molar-refractivity contribution in [3.8, 4) is 16.6 Å². The molecule has 3 rings (SSSR count). The standard InChI is InChI=1S/C17H14F3N3OS/c1-10-4-2-5-13(10)22-23-14(15-6-3-7-25-15)8-12(17(18,19)20)11(9-21)16(23)24/h3,6-8,10H,2,4-5H2,1H3/b22-13+. The molecular weight excluding hydrogens is 351 g/mol. The van der Waals surface area contributed by atoms with Crippen molar-refractivity contribution in [2.75, 3.05) is 0 Å². The molecule has 0 radical (unpaired) electrons. The van der Waals surface area contributed by atoms with Gasteiger partial charge in [-0.3, -0.25) is 4.79 Å². The summed E-state index contributed by atoms with van der Waals surface area (Å²) in [6.45, 7) is 1.97. The second-order valence-electron chi connectivity index (χ2n) is 5.91. The lowest BCUT2D eigenvalue weighted by Gasteiger charge is -2.14. The maximum Gasteiger partial charge on any atom is 0.417 e. The van der Waals surface area contributed by atoms with Gasteiger partial charge in [-0.1, -0.05) is 13.0 Å². The molecule has 1 saturated carbocycles. The van der Waals surface area contributed by atoms with E-state index in [-0.39, 0.29) is 11.6 Å². The monoisotopic (exact) mass is 365 g/mol. The molecular formula is C17H14F3N3OS. The third kappa shape index (κ3) is 3.24. The predicted molar refractivity (Wildman–Crippen MR) is 89.6 cm³/mol. The van der Waals surface area contributed by atoms with Gasteiger partial charge in [0.15, 0.2) is 0 Å². The smallest absolute Gasteiger partial charge is 0.266 e. The van der Waals surface area contributed by atoms with Crippen LogP contribution in [0.25, 0.3) is 10.6 Å². The van der Waals surface area contributed by atoms with E-state index in [9.17, 15) is 18.0 Å². The fraction of sp³-hybridized carbons (Fsp3) is 0.353. The topological polar surface area (TPSA) is 58.1 Å². The number of halogens is 3. The van der Waals surface area contributed by atoms with Crippen LogP contribution in [0.3, 0.4) is 0 Å². The van der Waals surface area contributed by atoms with Crippen LogP contribution in [0.4, 0.5) is 13.2 Å². The van der Waals surface area contributed by atoms with Crippen molar-refractivity contribution in [2.45, 2.75) is 32.4 Å². The maximum atomic E-state index is 13.3. The van der Waals surface area contributed by atoms with Crippen LogP contribution in [-0.2, 0) is 6.18 Å². The highest BCUT2D eigenvalue weighted by molar-refractivity contribution is 7.13. The molecule has 0 amide bonds. The Morgan fingerprint density at radius 3 is 2.72 bits per heavy atom. The molecule has 1 aliphatic rings. The van der Waals surface area contributed by atoms with Crippen LogP contribution in [0.1, 0.15) is 37.3 Å². The Hall–Kier alpha value is -2.40. The van der Waals surface area contributed by atoms with Crippen LogP contribution in [-0.4, -0.2) is 10.4 Å². The molecule has 0 saturated heterocycles. The Labute approximate surface area is 145 Å². The molecule has 1 unspecified atom stereocenters. The van der Waals surface area contributed by atoms with Crippen LogP contribution in [0.5, 0.6) is 0 Å². The average molecular weight is 365 g/mol. The fourth-order valence-corrected chi connectivity index (χ4v) is 3.64. The Bertz CT molecular complexity index is 920. The molecule has 130 valence electrons. The van der Waals surface area contributed by atoms with Gasteiger partial charge in [-0.15, -0.1) is 11.3 Å². The van der Waals surface area contributed by atoms with E-state index < -0.39 is 22.9 Å². The van der Waals surface area contributed by atoms with E-state index in [0.717, 1.165) is 29.3 Å². The van der Waals surface area contributed by atoms with Gasteiger partial charge < -0.3 is 0 Å². The number of aromatic nitrogens is 1. The van der Waals surface area contributed by atoms with Crippen LogP contribution >= 0.6 is 11.3 Å². The van der Waals surface area contributed by atoms with Gasteiger partial charge in [-0.25, -0.2) is 0 Å². The maximum absolute atomic E-state index is 13.3. The summed E-state index contributed by atoms with van der Waals surface area (Å²) in [6, 6.07) is 5.55. The molecule has 0 aromatic carbocycles. The minimum atomic E-state index is -4.79. The van der Waals surface area contributed by atoms with Gasteiger partial charge in [0.05, 0.1) is 16.1 Å². The molecule has 1 atom stereocenters. The number of thiophene rings is 1. The second kappa shape index (κ2) is 6.48. The first kappa shape index (κ1) is 17.4. The number of pyridine rings is 1. The van der Waals surface area contributed by atoms with Crippen LogP contribution < -0.4 is 5.56 Å². The van der Waals surface area contributed by atoms with Crippen molar-refractivity contribution in [3.63, 3.8) is 0 Å². The van der Waals surface area contributed by atoms with Crippen molar-refractivity contribution in [1.29, 1.82) is 5.26 Å². The summed E-state index contributed by atoms with van der Waals surface area (Å²) in [5.74, 6) is 0.163. The van der Waals surface area contributed by atoms with E-state index in [1.54, 1.807) is 17.5 Å². The molecule has 0 N–H and O–H groups in total. The number of hydrogen-bond acceptors (Lipinski definition) is 4. The summed E-state index contributed by atoms with van der Waals surface area (Å²) in [6.07, 6.45) is -2.24. The van der Waals surface area contributed by atoms with Crippen molar-refractivity contribution in [2.24, 2.45) is 11.0 Å². The van der Waals surface area contributed by atoms with Gasteiger partial charge in [0.25, 0.3) is 5.56 Å². The van der Waals surface area contributed by atoms with E-state index in [2.05, 4.69) is 5.10 Å². The third-order valence-electron chi connectivity index (χ3n) is 4.24. The zero-order valence-electron chi connectivity index (χ0n) is 13.3. The summed E-state index contributed by atoms with van der Waals surface area (Å²) in [4.78, 5) is 13.1. The molecule has 2 heterocycles. The van der Waals surface area contributed by atoms with Crippen LogP contribution in [0, 0.1) is 17.2 Å². The summed E-state index contributed by atoms with van der Waals surface area (Å²) in [5.41, 5.74) is -2.36. The molecule has 25 heavy (non-hydrogen) atoms. The van der Waals surface area contributed by atoms with E-state index in [4.69, 9.17) is 5.26 Å². The fourth-order valence-electron chi connectivity index (χ4n) is 2.91. The summed E-state index contributed by atoms with van der Waals surface area (Å²) >= 11 is 1.21. The molecule has 0 spiro atoms. The molecule has 2 aromatic rings. The molecule has 1 fully saturated rings. The number of rotatable bonds is 2. The SMILES string of the molecule is CC1CCC/C1=N\n1c(-c2cccs2)cc(C(F)(F)F)c(C#N)c1=O. The predicted octanol–water partition coefficient (Wildman–Crippen LogP) is 4.49. The molecule has 4 nitrogen and oxygen atoms in total. The van der Waals surface area contributed by atoms with Gasteiger partial charge in [-0.2, -0.15) is 28.2 Å². The summed E-state index contributed by atoms with van der Waals surface area (Å²) in [5, 5.41) is 15.2. The van der Waals surface area contributed by atoms with Crippen molar-refractivity contribution < 1.29 is 13.2 Å². The number of nitrogens with zero attached hydrogens (tertiary/aromatic N) is 3. The van der Waals surface area contributed by atoms with Crippen molar-refractivity contribution in [3.05, 3.63) is 45.1 Å². The Morgan fingerprint density at radius 1 is 1.44 bits per heavy atom. The zero-order valence-corrected chi connectivity index (χ0v) is 14.1. The van der Waals surface area contributed by atoms with E-state index >= 15 is 0 Å². The molecule has 8 heteroatoms. The molecule has 1 aliphatic carbocycles. The summed E-state index contributed by atoms with van der Waals surface area (Å²) in [7, 11) is 0. The number of hydrogen-bond donors (Lipinski definition) is 0. The van der Waals surface area contributed by atoms with E-state index in [0.29, 0.717) is 11.3 Å². The summed E-state index contributed by atoms with van der Waals surface area (Å²) < 4.78 is 40.9. The molecule has 0 bridgehead atoms. The Morgan fingerprint density at radius 2 is 2.20 bits per heavy atom. The largest absolute Gasteiger partial charge is 0.417 e. The average Bonchev–Trinajstić information content (AvgIpc) is 3.20. The lowest BCUT2D eigenvalue weighted by molar-refractivity contribution is -0.137. The lowest BCUT2D eigenvalue weighted by atomic mass is 10.1. The first-order valence-corrected chi connectivity index (χ1v) is 8.60. The number of nitriles is 1. The van der Waals surface area contributed by atoms with Crippen LogP contribution in [0.15, 0.2) is 33.5 Å². The number of alkyl halides is 3. The second-order valence-corrected chi connectivity index (χ2v) is 6.85. The van der Waals surface area contributed by atoms with Crippen LogP contribution in [0.2, 0.25) is 0 Å². The highest BCUT2D eigenvalue weighted by atomic mass is 32.1. The highest BCUT2D eigenvalue weighted by Gasteiger charge is 2.37. The van der Waals surface area contributed by atoms with E-state index in [1.165, 1.54) is 17.4 Å². The van der Waals surface area contributed by atoms with E-state index in [1.807, 2.05) is 6.92 Å². The van der Waals surface area contributed by atoms with Gasteiger partial charge in [0, 0.05) is 5.71 Å². The zero-order chi connectivity index (χ0) is 18.2. The molecule has 2 aromatic heterocycles. The Kier molecular flexibility index (Phi) is 4.52. The van der Waals surface area contributed by atoms with Gasteiger partial charge in [-0.05, 0) is 42.7 Å². The Balaban J connectivity index is 2.33. The quantitative estimate of drug-likeness (QED) is 0.787. The first-order chi connectivity index (χ1) is 11.8. The highest BCUT2D eigenvalue weighted by Crippen LogP contribution is 2.35. The molecule has 0 aliphatic heterocycles. The minimum absolute atomic E-state index is 0.0536. The normalized spacial score (nSPS) is 19.3. The first-order valence-electron chi connectivity index (χ1n) is 7.72. The third-order valence-corrected chi connectivity index (χ3v) is 5.14. The van der Waals surface area contributed by atoms with Crippen molar-refractivity contribution in [1.82, 2.24) is 4.68 Å². The lowest BCUT2D eigenvalue weighted by Crippen LogP contribution is -2.27. The van der Waals surface area contributed by atoms with Gasteiger partial charge in [0.2, 0.25) is 0 Å².